The zero-order valence-electron chi connectivity index (χ0n) is 20.4. The van der Waals surface area contributed by atoms with Crippen LogP contribution in [0.5, 0.6) is 11.5 Å². The van der Waals surface area contributed by atoms with Crippen LogP contribution in [-0.4, -0.2) is 43.4 Å². The van der Waals surface area contributed by atoms with Gasteiger partial charge in [0.15, 0.2) is 0 Å². The molecule has 0 radical (unpaired) electrons. The first-order valence-corrected chi connectivity index (χ1v) is 12.7. The van der Waals surface area contributed by atoms with E-state index < -0.39 is 18.4 Å². The van der Waals surface area contributed by atoms with Crippen LogP contribution in [-0.2, 0) is 14.0 Å². The van der Waals surface area contributed by atoms with Crippen LogP contribution in [0.2, 0.25) is 5.82 Å². The Hall–Kier alpha value is -1.80. The lowest BCUT2D eigenvalue weighted by Crippen LogP contribution is -2.84. The number of esters is 1. The zero-order valence-corrected chi connectivity index (χ0v) is 20.4. The van der Waals surface area contributed by atoms with Crippen molar-refractivity contribution in [1.29, 1.82) is 0 Å². The molecule has 6 nitrogen and oxygen atoms in total. The van der Waals surface area contributed by atoms with Crippen molar-refractivity contribution in [2.24, 2.45) is 10.8 Å². The standard InChI is InChI=1S/C26H32BFO6/c1-5-24-11-25(12-24)14-26(13-24)23(25,4)33-27(34-26)17-10-16(17)15-6-7-18(30-9-8-28)19-20(15)31-22(2,3)32-21(19)29/h6-7,16-17H,5,8-14H2,1-4H3/t16?,17?,23-,24?,25?,26?/m0/s1. The minimum atomic E-state index is -1.08. The summed E-state index contributed by atoms with van der Waals surface area (Å²) in [7, 11) is -0.232. The van der Waals surface area contributed by atoms with E-state index in [1.807, 2.05) is 6.07 Å². The van der Waals surface area contributed by atoms with E-state index >= 15 is 0 Å². The molecule has 0 aromatic heterocycles. The van der Waals surface area contributed by atoms with Gasteiger partial charge in [0.1, 0.15) is 30.3 Å². The number of alkyl halides is 1. The van der Waals surface area contributed by atoms with Crippen LogP contribution in [0.15, 0.2) is 12.1 Å². The minimum Gasteiger partial charge on any atom is -0.490 e. The van der Waals surface area contributed by atoms with Gasteiger partial charge < -0.3 is 23.5 Å². The van der Waals surface area contributed by atoms with Crippen molar-refractivity contribution >= 4 is 13.1 Å². The highest BCUT2D eigenvalue weighted by molar-refractivity contribution is 6.49. The lowest BCUT2D eigenvalue weighted by Gasteiger charge is -2.81. The monoisotopic (exact) mass is 470 g/mol. The van der Waals surface area contributed by atoms with Crippen LogP contribution in [0.4, 0.5) is 4.39 Å². The van der Waals surface area contributed by atoms with Gasteiger partial charge in [0.05, 0.1) is 11.2 Å². The van der Waals surface area contributed by atoms with E-state index in [1.165, 1.54) is 19.3 Å². The second kappa shape index (κ2) is 6.30. The number of cyclic esters (lactones) is 1. The normalized spacial score (nSPS) is 44.1. The van der Waals surface area contributed by atoms with E-state index in [2.05, 4.69) is 13.8 Å². The molecular formula is C26H32BFO6. The Kier molecular flexibility index (Phi) is 3.98. The Balaban J connectivity index is 1.17. The maximum Gasteiger partial charge on any atom is 0.461 e. The van der Waals surface area contributed by atoms with Gasteiger partial charge >= 0.3 is 13.1 Å². The van der Waals surface area contributed by atoms with Gasteiger partial charge in [0.2, 0.25) is 5.79 Å². The van der Waals surface area contributed by atoms with Gasteiger partial charge in [-0.2, -0.15) is 0 Å². The molecule has 1 aromatic carbocycles. The number of halogens is 1. The van der Waals surface area contributed by atoms with Crippen molar-refractivity contribution in [3.8, 4) is 11.5 Å². The lowest BCUT2D eigenvalue weighted by molar-refractivity contribution is -0.363. The van der Waals surface area contributed by atoms with E-state index in [4.69, 9.17) is 23.5 Å². The minimum absolute atomic E-state index is 0.125. The summed E-state index contributed by atoms with van der Waals surface area (Å²) in [5.74, 6) is -0.422. The average molecular weight is 470 g/mol. The average Bonchev–Trinajstić information content (AvgIpc) is 3.51. The Morgan fingerprint density at radius 2 is 1.91 bits per heavy atom. The highest BCUT2D eigenvalue weighted by Gasteiger charge is 2.88. The van der Waals surface area contributed by atoms with Gasteiger partial charge in [-0.25, -0.2) is 9.18 Å². The number of benzene rings is 1. The highest BCUT2D eigenvalue weighted by atomic mass is 19.1. The Bertz CT molecular complexity index is 1100. The van der Waals surface area contributed by atoms with E-state index in [1.54, 1.807) is 19.9 Å². The second-order valence-corrected chi connectivity index (χ2v) is 12.3. The van der Waals surface area contributed by atoms with E-state index in [0.717, 1.165) is 24.8 Å². The lowest BCUT2D eigenvalue weighted by atomic mass is 9.26. The number of ether oxygens (including phenoxy) is 3. The summed E-state index contributed by atoms with van der Waals surface area (Å²) in [5, 5.41) is 0. The second-order valence-electron chi connectivity index (χ2n) is 12.3. The first-order valence-electron chi connectivity index (χ1n) is 12.7. The summed E-state index contributed by atoms with van der Waals surface area (Å²) in [5.41, 5.74) is 1.63. The van der Waals surface area contributed by atoms with Crippen LogP contribution in [0.1, 0.15) is 88.1 Å². The molecule has 8 heteroatoms. The van der Waals surface area contributed by atoms with Crippen molar-refractivity contribution in [3.63, 3.8) is 0 Å². The molecule has 6 saturated carbocycles. The number of carbonyl (C=O) groups is 1. The van der Waals surface area contributed by atoms with Crippen LogP contribution < -0.4 is 9.47 Å². The van der Waals surface area contributed by atoms with Gasteiger partial charge in [-0.05, 0) is 62.0 Å². The van der Waals surface area contributed by atoms with Crippen molar-refractivity contribution < 1.29 is 32.7 Å². The molecule has 3 bridgehead atoms. The summed E-state index contributed by atoms with van der Waals surface area (Å²) in [6, 6.07) is 3.67. The predicted octanol–water partition coefficient (Wildman–Crippen LogP) is 5.19. The summed E-state index contributed by atoms with van der Waals surface area (Å²) in [4.78, 5) is 12.9. The van der Waals surface area contributed by atoms with Crippen LogP contribution >= 0.6 is 0 Å². The Labute approximate surface area is 199 Å². The summed E-state index contributed by atoms with van der Waals surface area (Å²) in [6.45, 7) is 7.26. The Morgan fingerprint density at radius 1 is 1.12 bits per heavy atom. The molecule has 9 rings (SSSR count). The molecule has 6 aliphatic carbocycles. The third-order valence-electron chi connectivity index (χ3n) is 10.0. The van der Waals surface area contributed by atoms with Crippen LogP contribution in [0.25, 0.3) is 0 Å². The first kappa shape index (κ1) is 21.5. The number of rotatable bonds is 6. The van der Waals surface area contributed by atoms with Gasteiger partial charge in [-0.1, -0.05) is 19.4 Å². The van der Waals surface area contributed by atoms with Gasteiger partial charge in [-0.15, -0.1) is 0 Å². The fraction of sp³-hybridized carbons (Fsp3) is 0.731. The summed E-state index contributed by atoms with van der Waals surface area (Å²) < 4.78 is 43.4. The van der Waals surface area contributed by atoms with Crippen LogP contribution in [0.3, 0.4) is 0 Å². The molecule has 34 heavy (non-hydrogen) atoms. The number of fused-ring (bicyclic) bond motifs is 1. The molecule has 3 unspecified atom stereocenters. The number of carbonyl (C=O) groups excluding carboxylic acids is 1. The van der Waals surface area contributed by atoms with Crippen LogP contribution in [0, 0.1) is 10.8 Å². The van der Waals surface area contributed by atoms with E-state index in [-0.39, 0.29) is 42.2 Å². The van der Waals surface area contributed by atoms with Crippen molar-refractivity contribution in [1.82, 2.24) is 0 Å². The van der Waals surface area contributed by atoms with Gasteiger partial charge in [0.25, 0.3) is 0 Å². The molecule has 2 aliphatic heterocycles. The molecule has 1 aromatic rings. The fourth-order valence-corrected chi connectivity index (χ4v) is 8.38. The van der Waals surface area contributed by atoms with Gasteiger partial charge in [0, 0.05) is 25.1 Å². The molecule has 2 spiro atoms. The zero-order chi connectivity index (χ0) is 23.7. The highest BCUT2D eigenvalue weighted by Crippen LogP contribution is 2.85. The van der Waals surface area contributed by atoms with Crippen molar-refractivity contribution in [2.75, 3.05) is 13.3 Å². The largest absolute Gasteiger partial charge is 0.490 e. The molecule has 182 valence electrons. The molecule has 2 heterocycles. The number of hydrogen-bond acceptors (Lipinski definition) is 6. The predicted molar refractivity (Wildman–Crippen MR) is 122 cm³/mol. The third-order valence-corrected chi connectivity index (χ3v) is 10.0. The Morgan fingerprint density at radius 3 is 2.65 bits per heavy atom. The molecule has 0 amide bonds. The van der Waals surface area contributed by atoms with Crippen molar-refractivity contribution in [3.05, 3.63) is 23.3 Å². The molecule has 8 aliphatic rings. The summed E-state index contributed by atoms with van der Waals surface area (Å²) in [6.07, 6.45) is 6.93. The fourth-order valence-electron chi connectivity index (χ4n) is 8.38. The smallest absolute Gasteiger partial charge is 0.461 e. The molecule has 1 saturated heterocycles. The van der Waals surface area contributed by atoms with E-state index in [9.17, 15) is 9.18 Å². The topological polar surface area (TPSA) is 63.2 Å². The molecule has 4 atom stereocenters. The van der Waals surface area contributed by atoms with Crippen molar-refractivity contribution in [2.45, 2.75) is 94.9 Å². The quantitative estimate of drug-likeness (QED) is 0.421. The maximum absolute atomic E-state index is 12.9. The number of hydrogen-bond donors (Lipinski definition) is 0. The first-order chi connectivity index (χ1) is 16.1. The SMILES string of the molecule is CCC12CC3(C1)CC1(C2)OB(C2CC2c2ccc(OCCF)c4c2OC(C)(C)OC4=O)O[C@@]31C. The maximum atomic E-state index is 12.9. The van der Waals surface area contributed by atoms with E-state index in [0.29, 0.717) is 22.3 Å². The summed E-state index contributed by atoms with van der Waals surface area (Å²) >= 11 is 0. The molecular weight excluding hydrogens is 438 g/mol. The van der Waals surface area contributed by atoms with Gasteiger partial charge in [-0.3, -0.25) is 0 Å². The molecule has 7 fully saturated rings. The third kappa shape index (κ3) is 2.47. The molecule has 0 N–H and O–H groups in total.